The number of carbonyl (C=O) groups excluding carboxylic acids is 3. The Morgan fingerprint density at radius 1 is 1.00 bits per heavy atom. The van der Waals surface area contributed by atoms with Gasteiger partial charge in [-0.05, 0) is 41.7 Å². The minimum atomic E-state index is -1.04. The number of imide groups is 1. The lowest BCUT2D eigenvalue weighted by Gasteiger charge is -2.37. The molecule has 7 atom stereocenters. The van der Waals surface area contributed by atoms with E-state index in [0.29, 0.717) is 11.8 Å². The second-order valence-corrected chi connectivity index (χ2v) is 9.70. The number of hydrogen-bond acceptors (Lipinski definition) is 5. The van der Waals surface area contributed by atoms with E-state index in [9.17, 15) is 24.5 Å². The van der Waals surface area contributed by atoms with E-state index in [0.717, 1.165) is 12.0 Å². The topological polar surface area (TPSA) is 110 Å². The Labute approximate surface area is 195 Å². The Bertz CT molecular complexity index is 1210. The smallest absolute Gasteiger partial charge is 0.271 e. The van der Waals surface area contributed by atoms with Crippen molar-refractivity contribution in [1.29, 1.82) is 0 Å². The fraction of sp³-hybridized carbons (Fsp3) is 0.346. The molecule has 1 aliphatic heterocycles. The molecule has 3 amide bonds. The van der Waals surface area contributed by atoms with Crippen molar-refractivity contribution in [3.05, 3.63) is 82.4 Å². The highest BCUT2D eigenvalue weighted by atomic mass is 16.6. The highest BCUT2D eigenvalue weighted by molar-refractivity contribution is 6.10. The van der Waals surface area contributed by atoms with Gasteiger partial charge in [-0.3, -0.25) is 29.4 Å². The number of non-ortho nitro benzene ring substituents is 1. The van der Waals surface area contributed by atoms with Crippen LogP contribution in [-0.2, 0) is 20.8 Å². The Morgan fingerprint density at radius 2 is 1.65 bits per heavy atom. The predicted octanol–water partition coefficient (Wildman–Crippen LogP) is 3.20. The fourth-order valence-corrected chi connectivity index (χ4v) is 6.35. The maximum atomic E-state index is 13.6. The van der Waals surface area contributed by atoms with Gasteiger partial charge in [0.05, 0.1) is 16.8 Å². The number of amides is 3. The first-order valence-corrected chi connectivity index (χ1v) is 11.6. The molecule has 0 radical (unpaired) electrons. The number of rotatable bonds is 6. The molecule has 5 aliphatic rings. The summed E-state index contributed by atoms with van der Waals surface area (Å²) in [6, 6.07) is 13.8. The van der Waals surface area contributed by atoms with Gasteiger partial charge in [0.15, 0.2) is 0 Å². The number of nitrogens with zero attached hydrogens (tertiary/aromatic N) is 2. The van der Waals surface area contributed by atoms with Crippen LogP contribution in [0.15, 0.2) is 66.7 Å². The number of benzene rings is 2. The fourth-order valence-electron chi connectivity index (χ4n) is 6.35. The van der Waals surface area contributed by atoms with Gasteiger partial charge in [0, 0.05) is 24.2 Å². The molecular formula is C26H23N3O5. The maximum Gasteiger partial charge on any atom is 0.271 e. The molecule has 0 spiro atoms. The van der Waals surface area contributed by atoms with Crippen LogP contribution in [0.25, 0.3) is 0 Å². The maximum absolute atomic E-state index is 13.6. The van der Waals surface area contributed by atoms with Crippen molar-refractivity contribution in [2.24, 2.45) is 35.5 Å². The van der Waals surface area contributed by atoms with Crippen molar-refractivity contribution in [1.82, 2.24) is 4.90 Å². The zero-order valence-electron chi connectivity index (χ0n) is 18.2. The number of allylic oxidation sites excluding steroid dienone is 2. The van der Waals surface area contributed by atoms with E-state index in [1.54, 1.807) is 6.07 Å². The number of anilines is 1. The molecule has 7 unspecified atom stereocenters. The molecule has 7 rings (SSSR count). The zero-order valence-corrected chi connectivity index (χ0v) is 18.2. The second kappa shape index (κ2) is 7.62. The largest absolute Gasteiger partial charge is 0.324 e. The van der Waals surface area contributed by atoms with Crippen LogP contribution in [0.1, 0.15) is 12.0 Å². The van der Waals surface area contributed by atoms with Crippen LogP contribution in [0.4, 0.5) is 11.4 Å². The van der Waals surface area contributed by atoms with Crippen LogP contribution in [0.2, 0.25) is 0 Å². The van der Waals surface area contributed by atoms with Gasteiger partial charge in [0.2, 0.25) is 17.7 Å². The summed E-state index contributed by atoms with van der Waals surface area (Å²) < 4.78 is 0. The minimum absolute atomic E-state index is 0.0682. The number of nitro benzene ring substituents is 1. The molecule has 0 aromatic heterocycles. The first-order chi connectivity index (χ1) is 16.4. The summed E-state index contributed by atoms with van der Waals surface area (Å²) in [6.45, 7) is 0. The highest BCUT2D eigenvalue weighted by Gasteiger charge is 2.67. The predicted molar refractivity (Wildman–Crippen MR) is 122 cm³/mol. The molecule has 172 valence electrons. The SMILES string of the molecule is O=C(Nc1cccc([N+](=O)[O-])c1)C(Cc1ccccc1)N1C(=O)C2C3C=CC(C4CC34)C2C1=O. The summed E-state index contributed by atoms with van der Waals surface area (Å²) in [5.74, 6) is -0.777. The lowest BCUT2D eigenvalue weighted by Crippen LogP contribution is -2.49. The average Bonchev–Trinajstić information content (AvgIpc) is 3.62. The summed E-state index contributed by atoms with van der Waals surface area (Å²) >= 11 is 0. The Balaban J connectivity index is 1.32. The highest BCUT2D eigenvalue weighted by Crippen LogP contribution is 2.65. The number of hydrogen-bond donors (Lipinski definition) is 1. The number of nitro groups is 1. The molecule has 34 heavy (non-hydrogen) atoms. The van der Waals surface area contributed by atoms with Gasteiger partial charge >= 0.3 is 0 Å². The Hall–Kier alpha value is -3.81. The minimum Gasteiger partial charge on any atom is -0.324 e. The standard InChI is InChI=1S/C26H23N3O5/c30-24(27-15-7-4-8-16(12-15)29(33)34)21(11-14-5-2-1-3-6-14)28-25(31)22-17-9-10-18(20-13-19(17)20)23(22)26(28)32/h1-10,12,17-23H,11,13H2,(H,27,30). The molecule has 2 bridgehead atoms. The van der Waals surface area contributed by atoms with Crippen molar-refractivity contribution in [3.8, 4) is 0 Å². The van der Waals surface area contributed by atoms with Crippen molar-refractivity contribution < 1.29 is 19.3 Å². The molecule has 8 heteroatoms. The van der Waals surface area contributed by atoms with Crippen LogP contribution >= 0.6 is 0 Å². The molecule has 2 aromatic rings. The first-order valence-electron chi connectivity index (χ1n) is 11.6. The summed E-state index contributed by atoms with van der Waals surface area (Å²) in [5, 5.41) is 13.8. The average molecular weight is 457 g/mol. The monoisotopic (exact) mass is 457 g/mol. The molecular weight excluding hydrogens is 434 g/mol. The molecule has 3 fully saturated rings. The van der Waals surface area contributed by atoms with E-state index in [-0.39, 0.29) is 41.4 Å². The van der Waals surface area contributed by atoms with Crippen molar-refractivity contribution >= 4 is 29.1 Å². The normalized spacial score (nSPS) is 31.1. The molecule has 2 saturated carbocycles. The van der Waals surface area contributed by atoms with Crippen LogP contribution in [0.3, 0.4) is 0 Å². The summed E-state index contributed by atoms with van der Waals surface area (Å²) in [6.07, 6.45) is 5.44. The third-order valence-electron chi connectivity index (χ3n) is 7.91. The molecule has 2 aromatic carbocycles. The second-order valence-electron chi connectivity index (χ2n) is 9.70. The third kappa shape index (κ3) is 3.16. The van der Waals surface area contributed by atoms with Gasteiger partial charge in [-0.15, -0.1) is 0 Å². The molecule has 4 aliphatic carbocycles. The summed E-state index contributed by atoms with van der Waals surface area (Å²) in [7, 11) is 0. The van der Waals surface area contributed by atoms with E-state index in [1.165, 1.54) is 23.1 Å². The van der Waals surface area contributed by atoms with E-state index < -0.39 is 28.7 Å². The lowest BCUT2D eigenvalue weighted by molar-refractivity contribution is -0.384. The van der Waals surface area contributed by atoms with Crippen molar-refractivity contribution in [2.45, 2.75) is 18.9 Å². The summed E-state index contributed by atoms with van der Waals surface area (Å²) in [5.41, 5.74) is 0.913. The van der Waals surface area contributed by atoms with Gasteiger partial charge in [0.25, 0.3) is 5.69 Å². The molecule has 1 heterocycles. The summed E-state index contributed by atoms with van der Waals surface area (Å²) in [4.78, 5) is 52.6. The van der Waals surface area contributed by atoms with Crippen LogP contribution in [-0.4, -0.2) is 33.6 Å². The van der Waals surface area contributed by atoms with Gasteiger partial charge in [0.1, 0.15) is 6.04 Å². The van der Waals surface area contributed by atoms with Crippen molar-refractivity contribution in [3.63, 3.8) is 0 Å². The molecule has 1 saturated heterocycles. The quantitative estimate of drug-likeness (QED) is 0.310. The van der Waals surface area contributed by atoms with Gasteiger partial charge in [-0.2, -0.15) is 0 Å². The number of carbonyl (C=O) groups is 3. The zero-order chi connectivity index (χ0) is 23.6. The van der Waals surface area contributed by atoms with Gasteiger partial charge in [-0.1, -0.05) is 48.6 Å². The first kappa shape index (κ1) is 20.8. The number of likely N-dealkylation sites (tertiary alicyclic amines) is 1. The van der Waals surface area contributed by atoms with Crippen LogP contribution < -0.4 is 5.32 Å². The van der Waals surface area contributed by atoms with Gasteiger partial charge < -0.3 is 5.32 Å². The van der Waals surface area contributed by atoms with Crippen molar-refractivity contribution in [2.75, 3.05) is 5.32 Å². The van der Waals surface area contributed by atoms with Crippen LogP contribution in [0.5, 0.6) is 0 Å². The van der Waals surface area contributed by atoms with E-state index in [2.05, 4.69) is 17.5 Å². The van der Waals surface area contributed by atoms with E-state index in [4.69, 9.17) is 0 Å². The molecule has 8 nitrogen and oxygen atoms in total. The van der Waals surface area contributed by atoms with Gasteiger partial charge in [-0.25, -0.2) is 0 Å². The van der Waals surface area contributed by atoms with E-state index >= 15 is 0 Å². The lowest BCUT2D eigenvalue weighted by atomic mass is 9.63. The van der Waals surface area contributed by atoms with E-state index in [1.807, 2.05) is 30.3 Å². The molecule has 1 N–H and O–H groups in total. The Kier molecular flexibility index (Phi) is 4.65. The number of nitrogens with one attached hydrogen (secondary N) is 1. The third-order valence-corrected chi connectivity index (χ3v) is 7.91. The van der Waals surface area contributed by atoms with Crippen LogP contribution in [0, 0.1) is 45.6 Å². The Morgan fingerprint density at radius 3 is 2.26 bits per heavy atom.